The van der Waals surface area contributed by atoms with Crippen LogP contribution in [0, 0.1) is 6.92 Å². The molecular formula is C17H19NO3. The van der Waals surface area contributed by atoms with Crippen molar-refractivity contribution in [1.82, 2.24) is 0 Å². The Hall–Kier alpha value is -2.17. The smallest absolute Gasteiger partial charge is 0.206 e. The molecule has 1 atom stereocenters. The average Bonchev–Trinajstić information content (AvgIpc) is 2.53. The van der Waals surface area contributed by atoms with E-state index in [1.165, 1.54) is 7.11 Å². The Labute approximate surface area is 124 Å². The maximum atomic E-state index is 12.2. The van der Waals surface area contributed by atoms with Gasteiger partial charge in [0.1, 0.15) is 12.4 Å². The van der Waals surface area contributed by atoms with Gasteiger partial charge in [0.15, 0.2) is 6.23 Å². The van der Waals surface area contributed by atoms with Crippen LogP contribution in [0.4, 0.5) is 0 Å². The number of ether oxygens (including phenoxy) is 2. The Bertz CT molecular complexity index is 625. The van der Waals surface area contributed by atoms with Gasteiger partial charge in [0.25, 0.3) is 0 Å². The van der Waals surface area contributed by atoms with E-state index in [2.05, 4.69) is 0 Å². The van der Waals surface area contributed by atoms with Crippen LogP contribution in [0.1, 0.15) is 21.5 Å². The molecule has 2 N–H and O–H groups in total. The number of para-hydroxylation sites is 1. The number of rotatable bonds is 6. The quantitative estimate of drug-likeness (QED) is 0.655. The zero-order chi connectivity index (χ0) is 15.2. The SMILES string of the molecule is COC(N)C(=O)c1ccccc1COc1ccccc1C. The number of hydrogen-bond acceptors (Lipinski definition) is 4. The highest BCUT2D eigenvalue weighted by Crippen LogP contribution is 2.19. The van der Waals surface area contributed by atoms with Gasteiger partial charge in [-0.2, -0.15) is 0 Å². The summed E-state index contributed by atoms with van der Waals surface area (Å²) >= 11 is 0. The summed E-state index contributed by atoms with van der Waals surface area (Å²) in [5.41, 5.74) is 8.01. The zero-order valence-electron chi connectivity index (χ0n) is 12.2. The van der Waals surface area contributed by atoms with Crippen LogP contribution in [0.3, 0.4) is 0 Å². The van der Waals surface area contributed by atoms with E-state index in [0.29, 0.717) is 12.2 Å². The summed E-state index contributed by atoms with van der Waals surface area (Å²) in [5, 5.41) is 0. The molecule has 1 unspecified atom stereocenters. The van der Waals surface area contributed by atoms with Crippen molar-refractivity contribution in [3.05, 3.63) is 65.2 Å². The van der Waals surface area contributed by atoms with Crippen LogP contribution < -0.4 is 10.5 Å². The molecule has 2 aromatic rings. The van der Waals surface area contributed by atoms with Crippen molar-refractivity contribution in [2.45, 2.75) is 19.8 Å². The van der Waals surface area contributed by atoms with Crippen LogP contribution in [-0.4, -0.2) is 19.1 Å². The monoisotopic (exact) mass is 285 g/mol. The summed E-state index contributed by atoms with van der Waals surface area (Å²) in [6, 6.07) is 15.0. The molecule has 0 aliphatic rings. The highest BCUT2D eigenvalue weighted by atomic mass is 16.5. The number of hydrogen-bond donors (Lipinski definition) is 1. The Morgan fingerprint density at radius 2 is 1.81 bits per heavy atom. The van der Waals surface area contributed by atoms with Crippen LogP contribution >= 0.6 is 0 Å². The van der Waals surface area contributed by atoms with E-state index in [9.17, 15) is 4.79 Å². The molecule has 0 fully saturated rings. The van der Waals surface area contributed by atoms with Crippen molar-refractivity contribution < 1.29 is 14.3 Å². The van der Waals surface area contributed by atoms with Crippen molar-refractivity contribution in [2.24, 2.45) is 5.73 Å². The molecule has 2 aromatic carbocycles. The van der Waals surface area contributed by atoms with E-state index >= 15 is 0 Å². The predicted molar refractivity (Wildman–Crippen MR) is 81.3 cm³/mol. The lowest BCUT2D eigenvalue weighted by Crippen LogP contribution is -2.32. The molecule has 4 heteroatoms. The molecule has 110 valence electrons. The first kappa shape index (κ1) is 15.2. The number of ketones is 1. The molecule has 0 radical (unpaired) electrons. The fourth-order valence-corrected chi connectivity index (χ4v) is 2.02. The lowest BCUT2D eigenvalue weighted by Gasteiger charge is -2.14. The Balaban J connectivity index is 2.17. The summed E-state index contributed by atoms with van der Waals surface area (Å²) in [6.07, 6.45) is -0.954. The van der Waals surface area contributed by atoms with Gasteiger partial charge in [-0.05, 0) is 18.6 Å². The maximum Gasteiger partial charge on any atom is 0.206 e. The second-order valence-corrected chi connectivity index (χ2v) is 4.73. The minimum Gasteiger partial charge on any atom is -0.489 e. The second kappa shape index (κ2) is 7.02. The van der Waals surface area contributed by atoms with Gasteiger partial charge >= 0.3 is 0 Å². The highest BCUT2D eigenvalue weighted by Gasteiger charge is 2.18. The van der Waals surface area contributed by atoms with Gasteiger partial charge in [0.05, 0.1) is 0 Å². The first-order valence-electron chi connectivity index (χ1n) is 6.72. The fourth-order valence-electron chi connectivity index (χ4n) is 2.02. The first-order valence-corrected chi connectivity index (χ1v) is 6.72. The number of methoxy groups -OCH3 is 1. The van der Waals surface area contributed by atoms with Gasteiger partial charge in [0, 0.05) is 18.2 Å². The number of aryl methyl sites for hydroxylation is 1. The Kier molecular flexibility index (Phi) is 5.09. The number of carbonyl (C=O) groups excluding carboxylic acids is 1. The van der Waals surface area contributed by atoms with Crippen molar-refractivity contribution in [2.75, 3.05) is 7.11 Å². The maximum absolute atomic E-state index is 12.2. The molecule has 0 aromatic heterocycles. The topological polar surface area (TPSA) is 61.5 Å². The molecule has 0 bridgehead atoms. The third-order valence-corrected chi connectivity index (χ3v) is 3.27. The largest absolute Gasteiger partial charge is 0.489 e. The lowest BCUT2D eigenvalue weighted by atomic mass is 10.0. The molecule has 0 spiro atoms. The molecule has 0 aliphatic carbocycles. The molecule has 0 heterocycles. The lowest BCUT2D eigenvalue weighted by molar-refractivity contribution is 0.0621. The predicted octanol–water partition coefficient (Wildman–Crippen LogP) is 2.69. The highest BCUT2D eigenvalue weighted by molar-refractivity contribution is 6.00. The summed E-state index contributed by atoms with van der Waals surface area (Å²) in [7, 11) is 1.41. The molecular weight excluding hydrogens is 266 g/mol. The third kappa shape index (κ3) is 3.68. The summed E-state index contributed by atoms with van der Waals surface area (Å²) in [4.78, 5) is 12.2. The summed E-state index contributed by atoms with van der Waals surface area (Å²) < 4.78 is 10.7. The summed E-state index contributed by atoms with van der Waals surface area (Å²) in [6.45, 7) is 2.29. The van der Waals surface area contributed by atoms with E-state index in [-0.39, 0.29) is 5.78 Å². The standard InChI is InChI=1S/C17H19NO3/c1-12-7-3-6-10-15(12)21-11-13-8-4-5-9-14(13)16(19)17(18)20-2/h3-10,17H,11,18H2,1-2H3. The molecule has 0 saturated heterocycles. The fraction of sp³-hybridized carbons (Fsp3) is 0.235. The van der Waals surface area contributed by atoms with Crippen LogP contribution in [0.5, 0.6) is 5.75 Å². The molecule has 0 saturated carbocycles. The minimum absolute atomic E-state index is 0.249. The number of benzene rings is 2. The van der Waals surface area contributed by atoms with E-state index < -0.39 is 6.23 Å². The third-order valence-electron chi connectivity index (χ3n) is 3.27. The van der Waals surface area contributed by atoms with Gasteiger partial charge < -0.3 is 9.47 Å². The van der Waals surface area contributed by atoms with Gasteiger partial charge in [-0.25, -0.2) is 0 Å². The summed E-state index contributed by atoms with van der Waals surface area (Å²) in [5.74, 6) is 0.553. The van der Waals surface area contributed by atoms with E-state index in [1.807, 2.05) is 43.3 Å². The molecule has 4 nitrogen and oxygen atoms in total. The van der Waals surface area contributed by atoms with Crippen LogP contribution in [0.15, 0.2) is 48.5 Å². The van der Waals surface area contributed by atoms with Crippen LogP contribution in [0.2, 0.25) is 0 Å². The van der Waals surface area contributed by atoms with Crippen molar-refractivity contribution >= 4 is 5.78 Å². The minimum atomic E-state index is -0.954. The van der Waals surface area contributed by atoms with Crippen LogP contribution in [0.25, 0.3) is 0 Å². The molecule has 2 rings (SSSR count). The Morgan fingerprint density at radius 1 is 1.14 bits per heavy atom. The Morgan fingerprint density at radius 3 is 2.52 bits per heavy atom. The number of nitrogens with two attached hydrogens (primary N) is 1. The van der Waals surface area contributed by atoms with Gasteiger partial charge in [-0.15, -0.1) is 0 Å². The first-order chi connectivity index (χ1) is 10.1. The molecule has 0 aliphatic heterocycles. The normalized spacial score (nSPS) is 12.0. The van der Waals surface area contributed by atoms with Gasteiger partial charge in [-0.1, -0.05) is 42.5 Å². The van der Waals surface area contributed by atoms with Gasteiger partial charge in [-0.3, -0.25) is 10.5 Å². The molecule has 21 heavy (non-hydrogen) atoms. The number of Topliss-reactive ketones (excluding diaryl/α,β-unsaturated/α-hetero) is 1. The molecule has 0 amide bonds. The van der Waals surface area contributed by atoms with E-state index in [4.69, 9.17) is 15.2 Å². The van der Waals surface area contributed by atoms with E-state index in [0.717, 1.165) is 16.9 Å². The van der Waals surface area contributed by atoms with Crippen molar-refractivity contribution in [1.29, 1.82) is 0 Å². The second-order valence-electron chi connectivity index (χ2n) is 4.73. The van der Waals surface area contributed by atoms with Crippen LogP contribution in [-0.2, 0) is 11.3 Å². The van der Waals surface area contributed by atoms with Crippen molar-refractivity contribution in [3.63, 3.8) is 0 Å². The van der Waals surface area contributed by atoms with Gasteiger partial charge in [0.2, 0.25) is 5.78 Å². The van der Waals surface area contributed by atoms with Crippen molar-refractivity contribution in [3.8, 4) is 5.75 Å². The zero-order valence-corrected chi connectivity index (χ0v) is 12.2. The number of carbonyl (C=O) groups is 1. The average molecular weight is 285 g/mol. The van der Waals surface area contributed by atoms with E-state index in [1.54, 1.807) is 12.1 Å².